The SMILES string of the molecule is COc1ccc(CNC(=O)C(c2ccncc2)N(C(=O)Cc2cccs2)c2ccccc2F)cc1. The van der Waals surface area contributed by atoms with Crippen molar-refractivity contribution in [2.24, 2.45) is 0 Å². The summed E-state index contributed by atoms with van der Waals surface area (Å²) in [6.45, 7) is 0.231. The Kier molecular flexibility index (Phi) is 7.84. The molecule has 0 radical (unpaired) electrons. The van der Waals surface area contributed by atoms with Crippen LogP contribution in [0.25, 0.3) is 0 Å². The lowest BCUT2D eigenvalue weighted by Gasteiger charge is -2.31. The van der Waals surface area contributed by atoms with Crippen LogP contribution in [-0.2, 0) is 22.6 Å². The Labute approximate surface area is 207 Å². The third kappa shape index (κ3) is 5.91. The van der Waals surface area contributed by atoms with Crippen molar-refractivity contribution >= 4 is 28.8 Å². The van der Waals surface area contributed by atoms with E-state index in [1.807, 2.05) is 29.6 Å². The molecule has 0 aliphatic carbocycles. The average molecular weight is 490 g/mol. The third-order valence-corrected chi connectivity index (χ3v) is 6.32. The lowest BCUT2D eigenvalue weighted by Crippen LogP contribution is -2.44. The minimum Gasteiger partial charge on any atom is -0.497 e. The first-order valence-corrected chi connectivity index (χ1v) is 11.8. The number of nitrogens with one attached hydrogen (secondary N) is 1. The minimum absolute atomic E-state index is 0.0375. The second-order valence-corrected chi connectivity index (χ2v) is 8.75. The molecule has 0 bridgehead atoms. The summed E-state index contributed by atoms with van der Waals surface area (Å²) in [5.74, 6) is -0.706. The number of halogens is 1. The minimum atomic E-state index is -1.10. The van der Waals surface area contributed by atoms with Crippen LogP contribution in [0.3, 0.4) is 0 Å². The van der Waals surface area contributed by atoms with E-state index in [-0.39, 0.29) is 24.6 Å². The van der Waals surface area contributed by atoms with Crippen LogP contribution in [0, 0.1) is 5.82 Å². The van der Waals surface area contributed by atoms with E-state index in [1.54, 1.807) is 55.9 Å². The van der Waals surface area contributed by atoms with Crippen molar-refractivity contribution in [3.8, 4) is 5.75 Å². The normalized spacial score (nSPS) is 11.5. The number of rotatable bonds is 9. The highest BCUT2D eigenvalue weighted by Gasteiger charge is 2.34. The molecule has 1 atom stereocenters. The quantitative estimate of drug-likeness (QED) is 0.362. The van der Waals surface area contributed by atoms with Crippen LogP contribution in [0.2, 0.25) is 0 Å². The first-order chi connectivity index (χ1) is 17.1. The predicted octanol–water partition coefficient (Wildman–Crippen LogP) is 4.92. The van der Waals surface area contributed by atoms with Gasteiger partial charge >= 0.3 is 0 Å². The van der Waals surface area contributed by atoms with Gasteiger partial charge in [0.15, 0.2) is 0 Å². The molecule has 1 N–H and O–H groups in total. The Bertz CT molecular complexity index is 1260. The largest absolute Gasteiger partial charge is 0.497 e. The van der Waals surface area contributed by atoms with Crippen molar-refractivity contribution < 1.29 is 18.7 Å². The zero-order valence-electron chi connectivity index (χ0n) is 19.1. The fourth-order valence-electron chi connectivity index (χ4n) is 3.70. The third-order valence-electron chi connectivity index (χ3n) is 5.44. The molecule has 1 unspecified atom stereocenters. The summed E-state index contributed by atoms with van der Waals surface area (Å²) >= 11 is 1.43. The fourth-order valence-corrected chi connectivity index (χ4v) is 4.40. The number of hydrogen-bond acceptors (Lipinski definition) is 5. The molecule has 0 fully saturated rings. The van der Waals surface area contributed by atoms with Crippen molar-refractivity contribution in [1.29, 1.82) is 0 Å². The van der Waals surface area contributed by atoms with E-state index < -0.39 is 17.8 Å². The number of anilines is 1. The lowest BCUT2D eigenvalue weighted by atomic mass is 10.0. The standard InChI is InChI=1S/C27H24FN3O3S/c1-34-21-10-8-19(9-11-21)18-30-27(33)26(20-12-14-29-15-13-20)31(24-7-3-2-6-23(24)28)25(32)17-22-5-4-16-35-22/h2-16,26H,17-18H2,1H3,(H,30,33). The van der Waals surface area contributed by atoms with Crippen molar-refractivity contribution in [3.05, 3.63) is 112 Å². The number of methoxy groups -OCH3 is 1. The summed E-state index contributed by atoms with van der Waals surface area (Å²) < 4.78 is 20.2. The number of carbonyl (C=O) groups is 2. The second-order valence-electron chi connectivity index (χ2n) is 7.72. The number of pyridine rings is 1. The molecule has 35 heavy (non-hydrogen) atoms. The smallest absolute Gasteiger partial charge is 0.248 e. The van der Waals surface area contributed by atoms with Gasteiger partial charge in [0.05, 0.1) is 19.2 Å². The number of carbonyl (C=O) groups excluding carboxylic acids is 2. The Hall–Kier alpha value is -4.04. The molecule has 2 aromatic carbocycles. The summed E-state index contributed by atoms with van der Waals surface area (Å²) in [7, 11) is 1.58. The van der Waals surface area contributed by atoms with E-state index in [0.29, 0.717) is 11.3 Å². The Morgan fingerprint density at radius 2 is 1.77 bits per heavy atom. The van der Waals surface area contributed by atoms with Gasteiger partial charge in [-0.15, -0.1) is 11.3 Å². The molecule has 0 saturated heterocycles. The van der Waals surface area contributed by atoms with Gasteiger partial charge in [-0.3, -0.25) is 19.5 Å². The highest BCUT2D eigenvalue weighted by atomic mass is 32.1. The molecule has 8 heteroatoms. The first kappa shape index (κ1) is 24.1. The summed E-state index contributed by atoms with van der Waals surface area (Å²) in [4.78, 5) is 33.3. The molecule has 2 amide bonds. The van der Waals surface area contributed by atoms with E-state index in [9.17, 15) is 14.0 Å². The first-order valence-electron chi connectivity index (χ1n) is 11.0. The summed E-state index contributed by atoms with van der Waals surface area (Å²) in [6, 6.07) is 19.2. The Morgan fingerprint density at radius 3 is 2.43 bits per heavy atom. The maximum atomic E-state index is 15.0. The fraction of sp³-hybridized carbons (Fsp3) is 0.148. The molecule has 4 aromatic rings. The number of nitrogens with zero attached hydrogens (tertiary/aromatic N) is 2. The van der Waals surface area contributed by atoms with Crippen molar-refractivity contribution in [2.45, 2.75) is 19.0 Å². The maximum absolute atomic E-state index is 15.0. The molecule has 0 aliphatic heterocycles. The molecular formula is C27H24FN3O3S. The van der Waals surface area contributed by atoms with Crippen molar-refractivity contribution in [3.63, 3.8) is 0 Å². The molecule has 0 aliphatic rings. The Balaban J connectivity index is 1.69. The summed E-state index contributed by atoms with van der Waals surface area (Å²) in [5, 5.41) is 4.78. The molecule has 2 heterocycles. The number of hydrogen-bond donors (Lipinski definition) is 1. The van der Waals surface area contributed by atoms with E-state index in [4.69, 9.17) is 4.74 Å². The maximum Gasteiger partial charge on any atom is 0.248 e. The Morgan fingerprint density at radius 1 is 1.03 bits per heavy atom. The molecular weight excluding hydrogens is 465 g/mol. The van der Waals surface area contributed by atoms with E-state index in [1.165, 1.54) is 28.4 Å². The van der Waals surface area contributed by atoms with Crippen LogP contribution < -0.4 is 15.0 Å². The van der Waals surface area contributed by atoms with Crippen LogP contribution in [0.5, 0.6) is 5.75 Å². The highest BCUT2D eigenvalue weighted by molar-refractivity contribution is 7.10. The molecule has 2 aromatic heterocycles. The van der Waals surface area contributed by atoms with Gasteiger partial charge in [-0.05, 0) is 59.0 Å². The topological polar surface area (TPSA) is 71.5 Å². The lowest BCUT2D eigenvalue weighted by molar-refractivity contribution is -0.126. The molecule has 178 valence electrons. The highest BCUT2D eigenvalue weighted by Crippen LogP contribution is 2.31. The van der Waals surface area contributed by atoms with Gasteiger partial charge in [0.25, 0.3) is 0 Å². The predicted molar refractivity (Wildman–Crippen MR) is 134 cm³/mol. The zero-order chi connectivity index (χ0) is 24.6. The van der Waals surface area contributed by atoms with Crippen LogP contribution in [0.4, 0.5) is 10.1 Å². The van der Waals surface area contributed by atoms with Gasteiger partial charge in [-0.25, -0.2) is 4.39 Å². The number of aromatic nitrogens is 1. The van der Waals surface area contributed by atoms with Gasteiger partial charge in [-0.2, -0.15) is 0 Å². The van der Waals surface area contributed by atoms with E-state index >= 15 is 0 Å². The van der Waals surface area contributed by atoms with E-state index in [2.05, 4.69) is 10.3 Å². The molecule has 0 saturated carbocycles. The molecule has 4 rings (SSSR count). The summed E-state index contributed by atoms with van der Waals surface area (Å²) in [5.41, 5.74) is 1.42. The number of para-hydroxylation sites is 1. The van der Waals surface area contributed by atoms with Crippen molar-refractivity contribution in [2.75, 3.05) is 12.0 Å². The van der Waals surface area contributed by atoms with Crippen LogP contribution in [0.15, 0.2) is 90.6 Å². The molecule has 0 spiro atoms. The van der Waals surface area contributed by atoms with Crippen LogP contribution in [0.1, 0.15) is 22.0 Å². The second kappa shape index (κ2) is 11.4. The number of amides is 2. The van der Waals surface area contributed by atoms with Gasteiger partial charge in [0.1, 0.15) is 17.6 Å². The zero-order valence-corrected chi connectivity index (χ0v) is 19.9. The molecule has 6 nitrogen and oxygen atoms in total. The van der Waals surface area contributed by atoms with E-state index in [0.717, 1.165) is 10.4 Å². The number of ether oxygens (including phenoxy) is 1. The number of thiophene rings is 1. The van der Waals surface area contributed by atoms with Crippen LogP contribution in [-0.4, -0.2) is 23.9 Å². The van der Waals surface area contributed by atoms with Gasteiger partial charge in [0.2, 0.25) is 11.8 Å². The summed E-state index contributed by atoms with van der Waals surface area (Å²) in [6.07, 6.45) is 3.13. The van der Waals surface area contributed by atoms with Crippen LogP contribution >= 0.6 is 11.3 Å². The van der Waals surface area contributed by atoms with Gasteiger partial charge in [-0.1, -0.05) is 30.3 Å². The van der Waals surface area contributed by atoms with Gasteiger partial charge in [0, 0.05) is 23.8 Å². The van der Waals surface area contributed by atoms with Crippen molar-refractivity contribution in [1.82, 2.24) is 10.3 Å². The van der Waals surface area contributed by atoms with Gasteiger partial charge < -0.3 is 10.1 Å². The monoisotopic (exact) mass is 489 g/mol. The average Bonchev–Trinajstić information content (AvgIpc) is 3.40. The number of benzene rings is 2.